The van der Waals surface area contributed by atoms with Gasteiger partial charge in [0.1, 0.15) is 4.83 Å². The van der Waals surface area contributed by atoms with Gasteiger partial charge in [0.15, 0.2) is 0 Å². The van der Waals surface area contributed by atoms with E-state index < -0.39 is 0 Å². The molecule has 0 aliphatic heterocycles. The number of thiophene rings is 1. The highest BCUT2D eigenvalue weighted by molar-refractivity contribution is 7.16. The van der Waals surface area contributed by atoms with Crippen LogP contribution in [0, 0.1) is 0 Å². The number of fused-ring (bicyclic) bond motifs is 1. The zero-order valence-electron chi connectivity index (χ0n) is 5.03. The molecule has 2 aromatic heterocycles. The number of rotatable bonds is 0. The van der Waals surface area contributed by atoms with E-state index in [4.69, 9.17) is 0 Å². The average Bonchev–Trinajstić information content (AvgIpc) is 2.35. The van der Waals surface area contributed by atoms with Gasteiger partial charge in [-0.05, 0) is 11.4 Å². The van der Waals surface area contributed by atoms with Crippen molar-refractivity contribution in [1.82, 2.24) is 9.78 Å². The minimum Gasteiger partial charge on any atom is -0.258 e. The first-order chi connectivity index (χ1) is 4.38. The van der Waals surface area contributed by atoms with E-state index in [0.717, 1.165) is 0 Å². The molecule has 0 saturated carbocycles. The SMILES string of the molecule is Cn1ncc2ccsc21. The first-order valence-corrected chi connectivity index (χ1v) is 3.61. The van der Waals surface area contributed by atoms with E-state index in [0.29, 0.717) is 0 Å². The zero-order valence-corrected chi connectivity index (χ0v) is 5.85. The fourth-order valence-electron chi connectivity index (χ4n) is 0.874. The summed E-state index contributed by atoms with van der Waals surface area (Å²) in [5, 5.41) is 7.40. The third-order valence-electron chi connectivity index (χ3n) is 1.34. The summed E-state index contributed by atoms with van der Waals surface area (Å²) in [7, 11) is 1.96. The molecule has 0 radical (unpaired) electrons. The molecule has 0 aliphatic carbocycles. The zero-order chi connectivity index (χ0) is 6.27. The van der Waals surface area contributed by atoms with Crippen LogP contribution >= 0.6 is 11.3 Å². The molecule has 9 heavy (non-hydrogen) atoms. The van der Waals surface area contributed by atoms with Crippen LogP contribution < -0.4 is 0 Å². The maximum Gasteiger partial charge on any atom is 0.120 e. The fraction of sp³-hybridized carbons (Fsp3) is 0.167. The summed E-state index contributed by atoms with van der Waals surface area (Å²) in [5.41, 5.74) is 0. The molecule has 2 heterocycles. The molecule has 46 valence electrons. The van der Waals surface area contributed by atoms with E-state index in [1.54, 1.807) is 11.3 Å². The first kappa shape index (κ1) is 4.99. The maximum absolute atomic E-state index is 4.08. The molecule has 0 aromatic carbocycles. The van der Waals surface area contributed by atoms with Gasteiger partial charge in [-0.25, -0.2) is 0 Å². The van der Waals surface area contributed by atoms with E-state index in [2.05, 4.69) is 16.5 Å². The first-order valence-electron chi connectivity index (χ1n) is 2.73. The number of hydrogen-bond acceptors (Lipinski definition) is 2. The second-order valence-electron chi connectivity index (χ2n) is 1.95. The van der Waals surface area contributed by atoms with Gasteiger partial charge in [0, 0.05) is 12.4 Å². The van der Waals surface area contributed by atoms with Crippen LogP contribution in [0.5, 0.6) is 0 Å². The van der Waals surface area contributed by atoms with Crippen molar-refractivity contribution in [3.8, 4) is 0 Å². The highest BCUT2D eigenvalue weighted by Gasteiger charge is 1.96. The molecule has 0 amide bonds. The lowest BCUT2D eigenvalue weighted by Gasteiger charge is -1.83. The van der Waals surface area contributed by atoms with Gasteiger partial charge in [-0.1, -0.05) is 0 Å². The smallest absolute Gasteiger partial charge is 0.120 e. The van der Waals surface area contributed by atoms with Gasteiger partial charge in [-0.15, -0.1) is 11.3 Å². The van der Waals surface area contributed by atoms with Crippen LogP contribution in [0.3, 0.4) is 0 Å². The number of hydrogen-bond donors (Lipinski definition) is 0. The second kappa shape index (κ2) is 1.57. The summed E-state index contributed by atoms with van der Waals surface area (Å²) in [6.07, 6.45) is 1.88. The van der Waals surface area contributed by atoms with E-state index in [1.165, 1.54) is 10.2 Å². The predicted molar refractivity (Wildman–Crippen MR) is 38.6 cm³/mol. The highest BCUT2D eigenvalue weighted by Crippen LogP contribution is 2.18. The van der Waals surface area contributed by atoms with Gasteiger partial charge in [-0.2, -0.15) is 5.10 Å². The van der Waals surface area contributed by atoms with E-state index in [-0.39, 0.29) is 0 Å². The normalized spacial score (nSPS) is 10.8. The molecule has 2 aromatic rings. The molecule has 2 nitrogen and oxygen atoms in total. The maximum atomic E-state index is 4.08. The Morgan fingerprint density at radius 1 is 1.67 bits per heavy atom. The Kier molecular flexibility index (Phi) is 0.873. The van der Waals surface area contributed by atoms with E-state index in [9.17, 15) is 0 Å². The Labute approximate surface area is 56.7 Å². The quantitative estimate of drug-likeness (QED) is 0.541. The van der Waals surface area contributed by atoms with Crippen molar-refractivity contribution in [2.24, 2.45) is 7.05 Å². The molecule has 0 spiro atoms. The van der Waals surface area contributed by atoms with Gasteiger partial charge in [0.25, 0.3) is 0 Å². The standard InChI is InChI=1S/C6H6N2S/c1-8-6-5(4-7-8)2-3-9-6/h2-4H,1H3. The van der Waals surface area contributed by atoms with Crippen molar-refractivity contribution in [3.05, 3.63) is 17.6 Å². The number of aryl methyl sites for hydroxylation is 1. The Morgan fingerprint density at radius 3 is 3.33 bits per heavy atom. The van der Waals surface area contributed by atoms with Crippen molar-refractivity contribution < 1.29 is 0 Å². The minimum absolute atomic E-state index is 1.24. The predicted octanol–water partition coefficient (Wildman–Crippen LogP) is 1.63. The minimum atomic E-state index is 1.24. The summed E-state index contributed by atoms with van der Waals surface area (Å²) in [6, 6.07) is 2.08. The fourth-order valence-corrected chi connectivity index (χ4v) is 1.67. The van der Waals surface area contributed by atoms with Crippen molar-refractivity contribution in [1.29, 1.82) is 0 Å². The summed E-state index contributed by atoms with van der Waals surface area (Å²) in [4.78, 5) is 1.25. The van der Waals surface area contributed by atoms with E-state index >= 15 is 0 Å². The number of aromatic nitrogens is 2. The van der Waals surface area contributed by atoms with Crippen molar-refractivity contribution in [3.63, 3.8) is 0 Å². The van der Waals surface area contributed by atoms with Gasteiger partial charge in [0.05, 0.1) is 6.20 Å². The Balaban J connectivity index is 2.99. The topological polar surface area (TPSA) is 17.8 Å². The summed E-state index contributed by atoms with van der Waals surface area (Å²) in [6.45, 7) is 0. The average molecular weight is 138 g/mol. The molecular formula is C6H6N2S. The molecule has 0 N–H and O–H groups in total. The molecule has 0 unspecified atom stereocenters. The Bertz CT molecular complexity index is 320. The molecule has 0 saturated heterocycles. The van der Waals surface area contributed by atoms with Crippen LogP contribution in [0.15, 0.2) is 17.6 Å². The lowest BCUT2D eigenvalue weighted by Crippen LogP contribution is -1.85. The largest absolute Gasteiger partial charge is 0.258 e. The lowest BCUT2D eigenvalue weighted by atomic mass is 10.5. The summed E-state index contributed by atoms with van der Waals surface area (Å²) >= 11 is 1.72. The molecule has 0 atom stereocenters. The monoisotopic (exact) mass is 138 g/mol. The molecule has 2 rings (SSSR count). The Hall–Kier alpha value is -0.830. The van der Waals surface area contributed by atoms with Crippen LogP contribution in [-0.4, -0.2) is 9.78 Å². The van der Waals surface area contributed by atoms with Gasteiger partial charge < -0.3 is 0 Å². The van der Waals surface area contributed by atoms with Crippen LogP contribution in [-0.2, 0) is 7.05 Å². The van der Waals surface area contributed by atoms with E-state index in [1.807, 2.05) is 17.9 Å². The summed E-state index contributed by atoms with van der Waals surface area (Å²) in [5.74, 6) is 0. The van der Waals surface area contributed by atoms with Gasteiger partial charge in [0.2, 0.25) is 0 Å². The molecule has 0 aliphatic rings. The molecule has 3 heteroatoms. The molecule has 0 fully saturated rings. The number of nitrogens with zero attached hydrogens (tertiary/aromatic N) is 2. The third-order valence-corrected chi connectivity index (χ3v) is 2.33. The van der Waals surface area contributed by atoms with Crippen LogP contribution in [0.2, 0.25) is 0 Å². The lowest BCUT2D eigenvalue weighted by molar-refractivity contribution is 0.802. The van der Waals surface area contributed by atoms with Crippen LogP contribution in [0.1, 0.15) is 0 Å². The van der Waals surface area contributed by atoms with Crippen LogP contribution in [0.4, 0.5) is 0 Å². The second-order valence-corrected chi connectivity index (χ2v) is 2.84. The summed E-state index contributed by atoms with van der Waals surface area (Å²) < 4.78 is 1.89. The molecule has 0 bridgehead atoms. The van der Waals surface area contributed by atoms with Crippen LogP contribution in [0.25, 0.3) is 10.2 Å². The molecular weight excluding hydrogens is 132 g/mol. The van der Waals surface area contributed by atoms with Crippen molar-refractivity contribution in [2.75, 3.05) is 0 Å². The highest BCUT2D eigenvalue weighted by atomic mass is 32.1. The Morgan fingerprint density at radius 2 is 2.56 bits per heavy atom. The third kappa shape index (κ3) is 0.580. The van der Waals surface area contributed by atoms with Gasteiger partial charge >= 0.3 is 0 Å². The van der Waals surface area contributed by atoms with Crippen molar-refractivity contribution >= 4 is 21.6 Å². The van der Waals surface area contributed by atoms with Crippen molar-refractivity contribution in [2.45, 2.75) is 0 Å². The van der Waals surface area contributed by atoms with Gasteiger partial charge in [-0.3, -0.25) is 4.68 Å².